The second-order valence-electron chi connectivity index (χ2n) is 3.51. The van der Waals surface area contributed by atoms with E-state index < -0.39 is 5.82 Å². The van der Waals surface area contributed by atoms with Crippen molar-refractivity contribution < 1.29 is 13.9 Å². The molecule has 0 bridgehead atoms. The lowest BCUT2D eigenvalue weighted by atomic mass is 10.2. The minimum atomic E-state index is -0.417. The van der Waals surface area contributed by atoms with Gasteiger partial charge < -0.3 is 4.74 Å². The largest absolute Gasteiger partial charge is 0.456 e. The lowest BCUT2D eigenvalue weighted by molar-refractivity contribution is 0.112. The van der Waals surface area contributed by atoms with Crippen LogP contribution in [0, 0.1) is 5.82 Å². The molecule has 2 aromatic rings. The molecule has 0 unspecified atom stereocenters. The molecule has 2 aromatic carbocycles. The normalized spacial score (nSPS) is 10.2. The van der Waals surface area contributed by atoms with Crippen LogP contribution in [-0.2, 0) is 0 Å². The van der Waals surface area contributed by atoms with Gasteiger partial charge in [-0.3, -0.25) is 4.79 Å². The second-order valence-corrected chi connectivity index (χ2v) is 4.84. The van der Waals surface area contributed by atoms with E-state index in [-0.39, 0.29) is 0 Å². The van der Waals surface area contributed by atoms with Crippen molar-refractivity contribution in [2.75, 3.05) is 0 Å². The van der Waals surface area contributed by atoms with Gasteiger partial charge in [0.15, 0.2) is 0 Å². The van der Waals surface area contributed by atoms with E-state index in [9.17, 15) is 9.18 Å². The number of hydrogen-bond donors (Lipinski definition) is 0. The summed E-state index contributed by atoms with van der Waals surface area (Å²) in [5, 5.41) is 0.292. The van der Waals surface area contributed by atoms with Crippen LogP contribution in [0.2, 0.25) is 5.02 Å². The van der Waals surface area contributed by atoms with Gasteiger partial charge in [0.05, 0.1) is 5.02 Å². The average Bonchev–Trinajstić information content (AvgIpc) is 2.30. The molecule has 0 radical (unpaired) electrons. The molecule has 0 amide bonds. The molecule has 2 rings (SSSR count). The van der Waals surface area contributed by atoms with Crippen LogP contribution in [0.5, 0.6) is 11.5 Å². The van der Waals surface area contributed by atoms with Gasteiger partial charge in [-0.1, -0.05) is 27.5 Å². The quantitative estimate of drug-likeness (QED) is 0.753. The summed E-state index contributed by atoms with van der Waals surface area (Å²) in [7, 11) is 0. The standard InChI is InChI=1S/C13H7BrClFO2/c14-9-4-10(16)6-11(5-9)18-13-2-1-8(7-17)3-12(13)15/h1-7H. The van der Waals surface area contributed by atoms with Crippen molar-refractivity contribution in [1.82, 2.24) is 0 Å². The third-order valence-electron chi connectivity index (χ3n) is 2.16. The Morgan fingerprint density at radius 2 is 2.00 bits per heavy atom. The molecule has 92 valence electrons. The molecule has 0 aliphatic heterocycles. The van der Waals surface area contributed by atoms with Crippen molar-refractivity contribution in [3.05, 3.63) is 57.3 Å². The van der Waals surface area contributed by atoms with Crippen LogP contribution >= 0.6 is 27.5 Å². The first kappa shape index (κ1) is 13.1. The predicted octanol–water partition coefficient (Wildman–Crippen LogP) is 4.85. The van der Waals surface area contributed by atoms with E-state index in [2.05, 4.69) is 15.9 Å². The van der Waals surface area contributed by atoms with Crippen LogP contribution in [0.4, 0.5) is 4.39 Å². The summed E-state index contributed by atoms with van der Waals surface area (Å²) >= 11 is 9.12. The van der Waals surface area contributed by atoms with Crippen LogP contribution in [0.1, 0.15) is 10.4 Å². The molecule has 0 saturated carbocycles. The van der Waals surface area contributed by atoms with Crippen molar-refractivity contribution in [2.24, 2.45) is 0 Å². The molecule has 18 heavy (non-hydrogen) atoms. The molecule has 0 fully saturated rings. The topological polar surface area (TPSA) is 26.3 Å². The Hall–Kier alpha value is -1.39. The SMILES string of the molecule is O=Cc1ccc(Oc2cc(F)cc(Br)c2)c(Cl)c1. The smallest absolute Gasteiger partial charge is 0.150 e. The number of ether oxygens (including phenoxy) is 1. The first-order chi connectivity index (χ1) is 8.58. The van der Waals surface area contributed by atoms with Crippen molar-refractivity contribution in [1.29, 1.82) is 0 Å². The average molecular weight is 330 g/mol. The number of carbonyl (C=O) groups excluding carboxylic acids is 1. The summed E-state index contributed by atoms with van der Waals surface area (Å²) in [5.74, 6) is 0.266. The highest BCUT2D eigenvalue weighted by Gasteiger charge is 2.06. The van der Waals surface area contributed by atoms with Crippen LogP contribution in [0.25, 0.3) is 0 Å². The van der Waals surface area contributed by atoms with Gasteiger partial charge in [0.1, 0.15) is 23.6 Å². The van der Waals surface area contributed by atoms with Crippen LogP contribution < -0.4 is 4.74 Å². The molecule has 0 N–H and O–H groups in total. The van der Waals surface area contributed by atoms with Crippen molar-refractivity contribution in [2.45, 2.75) is 0 Å². The van der Waals surface area contributed by atoms with E-state index in [1.807, 2.05) is 0 Å². The van der Waals surface area contributed by atoms with Gasteiger partial charge in [0.25, 0.3) is 0 Å². The van der Waals surface area contributed by atoms with Crippen LogP contribution in [0.3, 0.4) is 0 Å². The van der Waals surface area contributed by atoms with Crippen LogP contribution in [-0.4, -0.2) is 6.29 Å². The van der Waals surface area contributed by atoms with Gasteiger partial charge >= 0.3 is 0 Å². The zero-order valence-electron chi connectivity index (χ0n) is 8.99. The summed E-state index contributed by atoms with van der Waals surface area (Å²) in [6.45, 7) is 0. The molecule has 0 aliphatic rings. The maximum absolute atomic E-state index is 13.2. The lowest BCUT2D eigenvalue weighted by Crippen LogP contribution is -1.88. The molecule has 0 spiro atoms. The molecular formula is C13H7BrClFO2. The fourth-order valence-electron chi connectivity index (χ4n) is 1.39. The molecule has 2 nitrogen and oxygen atoms in total. The Kier molecular flexibility index (Phi) is 3.99. The summed E-state index contributed by atoms with van der Waals surface area (Å²) in [5.41, 5.74) is 0.452. The zero-order valence-corrected chi connectivity index (χ0v) is 11.3. The lowest BCUT2D eigenvalue weighted by Gasteiger charge is -2.08. The van der Waals surface area contributed by atoms with Crippen LogP contribution in [0.15, 0.2) is 40.9 Å². The van der Waals surface area contributed by atoms with Crippen molar-refractivity contribution >= 4 is 33.8 Å². The highest BCUT2D eigenvalue weighted by Crippen LogP contribution is 2.31. The fourth-order valence-corrected chi connectivity index (χ4v) is 2.06. The van der Waals surface area contributed by atoms with Crippen molar-refractivity contribution in [3.63, 3.8) is 0 Å². The van der Waals surface area contributed by atoms with E-state index in [4.69, 9.17) is 16.3 Å². The molecule has 0 aromatic heterocycles. The molecule has 0 atom stereocenters. The minimum absolute atomic E-state index is 0.292. The number of aldehydes is 1. The number of rotatable bonds is 3. The minimum Gasteiger partial charge on any atom is -0.456 e. The van der Waals surface area contributed by atoms with Gasteiger partial charge in [-0.25, -0.2) is 4.39 Å². The number of halogens is 3. The molecule has 0 heterocycles. The number of hydrogen-bond acceptors (Lipinski definition) is 2. The van der Waals surface area contributed by atoms with Gasteiger partial charge in [-0.15, -0.1) is 0 Å². The Bertz CT molecular complexity index is 581. The summed E-state index contributed by atoms with van der Waals surface area (Å²) in [4.78, 5) is 10.6. The van der Waals surface area contributed by atoms with E-state index in [1.54, 1.807) is 18.2 Å². The molecular weight excluding hydrogens is 322 g/mol. The Labute approximate surface area is 116 Å². The Morgan fingerprint density at radius 3 is 2.61 bits per heavy atom. The third-order valence-corrected chi connectivity index (χ3v) is 2.91. The Balaban J connectivity index is 2.31. The molecule has 5 heteroatoms. The van der Waals surface area contributed by atoms with Crippen molar-refractivity contribution in [3.8, 4) is 11.5 Å². The molecule has 0 aliphatic carbocycles. The zero-order chi connectivity index (χ0) is 13.1. The van der Waals surface area contributed by atoms with Gasteiger partial charge in [-0.05, 0) is 30.3 Å². The third kappa shape index (κ3) is 3.09. The Morgan fingerprint density at radius 1 is 1.22 bits per heavy atom. The maximum Gasteiger partial charge on any atom is 0.150 e. The highest BCUT2D eigenvalue weighted by molar-refractivity contribution is 9.10. The molecule has 0 saturated heterocycles. The van der Waals surface area contributed by atoms with E-state index in [0.29, 0.717) is 32.8 Å². The second kappa shape index (κ2) is 5.50. The maximum atomic E-state index is 13.2. The summed E-state index contributed by atoms with van der Waals surface area (Å²) in [6.07, 6.45) is 0.689. The monoisotopic (exact) mass is 328 g/mol. The van der Waals surface area contributed by atoms with E-state index >= 15 is 0 Å². The summed E-state index contributed by atoms with van der Waals surface area (Å²) < 4.78 is 19.2. The van der Waals surface area contributed by atoms with E-state index in [1.165, 1.54) is 18.2 Å². The summed E-state index contributed by atoms with van der Waals surface area (Å²) in [6, 6.07) is 8.80. The highest BCUT2D eigenvalue weighted by atomic mass is 79.9. The van der Waals surface area contributed by atoms with E-state index in [0.717, 1.165) is 0 Å². The predicted molar refractivity (Wildman–Crippen MR) is 71.0 cm³/mol. The van der Waals surface area contributed by atoms with Gasteiger partial charge in [0.2, 0.25) is 0 Å². The van der Waals surface area contributed by atoms with Gasteiger partial charge in [-0.2, -0.15) is 0 Å². The van der Waals surface area contributed by atoms with Gasteiger partial charge in [0, 0.05) is 16.1 Å². The first-order valence-electron chi connectivity index (χ1n) is 4.97. The first-order valence-corrected chi connectivity index (χ1v) is 6.14. The number of benzene rings is 2. The fraction of sp³-hybridized carbons (Fsp3) is 0. The number of carbonyl (C=O) groups is 1.